The summed E-state index contributed by atoms with van der Waals surface area (Å²) in [7, 11) is 5.04. The van der Waals surface area contributed by atoms with E-state index in [1.807, 2.05) is 50.3 Å². The van der Waals surface area contributed by atoms with Gasteiger partial charge < -0.3 is 44.3 Å². The number of methoxy groups -OCH3 is 1. The Balaban J connectivity index is 1.45. The average Bonchev–Trinajstić information content (AvgIpc) is 3.78. The van der Waals surface area contributed by atoms with Crippen LogP contribution in [0.3, 0.4) is 0 Å². The number of nitrogens with zero attached hydrogens (tertiary/aromatic N) is 5. The number of nitrogen functional groups attached to an aromatic ring is 1. The van der Waals surface area contributed by atoms with Gasteiger partial charge in [-0.2, -0.15) is 0 Å². The number of esters is 1. The minimum Gasteiger partial charge on any atom is -0.455 e. The molecule has 3 fully saturated rings. The van der Waals surface area contributed by atoms with Crippen LogP contribution in [0.1, 0.15) is 87.5 Å². The third-order valence-electron chi connectivity index (χ3n) is 12.9. The molecule has 1 aromatic heterocycles. The Bertz CT molecular complexity index is 1860. The predicted octanol–water partition coefficient (Wildman–Crippen LogP) is 4.60. The monoisotopic (exact) mass is 844 g/mol. The number of anilines is 1. The van der Waals surface area contributed by atoms with Crippen molar-refractivity contribution in [1.82, 2.24) is 24.8 Å². The van der Waals surface area contributed by atoms with Crippen LogP contribution in [-0.2, 0) is 44.6 Å². The topological polar surface area (TPSA) is 198 Å². The number of aliphatic hydroxyl groups excluding tert-OH is 1. The number of hydrogen-bond acceptors (Lipinski definition) is 14. The summed E-state index contributed by atoms with van der Waals surface area (Å²) in [5, 5.41) is 19.9. The van der Waals surface area contributed by atoms with Gasteiger partial charge in [0.05, 0.1) is 30.0 Å². The zero-order chi connectivity index (χ0) is 44.5. The van der Waals surface area contributed by atoms with E-state index >= 15 is 4.39 Å². The van der Waals surface area contributed by atoms with E-state index < -0.39 is 83.1 Å². The van der Waals surface area contributed by atoms with Gasteiger partial charge in [0.25, 0.3) is 5.67 Å². The van der Waals surface area contributed by atoms with E-state index in [0.29, 0.717) is 37.2 Å². The summed E-state index contributed by atoms with van der Waals surface area (Å²) >= 11 is 0. The quantitative estimate of drug-likeness (QED) is 0.138. The normalized spacial score (nSPS) is 37.1. The minimum atomic E-state index is -3.19. The number of ether oxygens (including phenoxy) is 5. The lowest BCUT2D eigenvalue weighted by molar-refractivity contribution is -0.295. The maximum atomic E-state index is 16.9. The molecule has 0 saturated carbocycles. The molecule has 0 bridgehead atoms. The number of benzene rings is 1. The van der Waals surface area contributed by atoms with E-state index in [-0.39, 0.29) is 37.3 Å². The van der Waals surface area contributed by atoms with Gasteiger partial charge >= 0.3 is 12.1 Å². The molecule has 3 aliphatic heterocycles. The number of alkyl halides is 1. The molecule has 1 aromatic carbocycles. The van der Waals surface area contributed by atoms with Crippen molar-refractivity contribution < 1.29 is 52.4 Å². The molecule has 17 heteroatoms. The Kier molecular flexibility index (Phi) is 14.5. The van der Waals surface area contributed by atoms with Gasteiger partial charge in [-0.3, -0.25) is 14.3 Å². The fourth-order valence-electron chi connectivity index (χ4n) is 9.51. The second-order valence-electron chi connectivity index (χ2n) is 17.8. The molecule has 0 spiro atoms. The first-order chi connectivity index (χ1) is 28.1. The fraction of sp³-hybridized carbons (Fsp3) is 0.721. The molecule has 3 N–H and O–H groups in total. The summed E-state index contributed by atoms with van der Waals surface area (Å²) in [6.45, 7) is 13.1. The number of likely N-dealkylation sites (N-methyl/N-ethyl adjacent to an activating group) is 1. The van der Waals surface area contributed by atoms with Crippen molar-refractivity contribution in [3.8, 4) is 11.3 Å². The molecule has 1 amide bonds. The highest BCUT2D eigenvalue weighted by Gasteiger charge is 2.61. The molecule has 5 rings (SSSR count). The lowest BCUT2D eigenvalue weighted by atomic mass is 9.73. The number of unbranched alkanes of at least 4 members (excludes halogenated alkanes) is 1. The van der Waals surface area contributed by atoms with Gasteiger partial charge in [-0.1, -0.05) is 45.0 Å². The maximum Gasteiger partial charge on any atom is 0.410 e. The van der Waals surface area contributed by atoms with E-state index in [1.165, 1.54) is 18.9 Å². The predicted molar refractivity (Wildman–Crippen MR) is 219 cm³/mol. The van der Waals surface area contributed by atoms with E-state index in [1.54, 1.807) is 45.4 Å². The molecule has 3 aliphatic rings. The van der Waals surface area contributed by atoms with E-state index in [2.05, 4.69) is 10.3 Å². The van der Waals surface area contributed by atoms with E-state index in [4.69, 9.17) is 29.4 Å². The third-order valence-corrected chi connectivity index (χ3v) is 12.9. The smallest absolute Gasteiger partial charge is 0.410 e. The number of hydrogen-bond donors (Lipinski definition) is 2. The van der Waals surface area contributed by atoms with Crippen molar-refractivity contribution in [1.29, 1.82) is 0 Å². The van der Waals surface area contributed by atoms with Crippen molar-refractivity contribution in [2.75, 3.05) is 33.5 Å². The first kappa shape index (κ1) is 47.0. The van der Waals surface area contributed by atoms with Gasteiger partial charge in [0.15, 0.2) is 17.7 Å². The number of amides is 1. The van der Waals surface area contributed by atoms with Gasteiger partial charge in [0.1, 0.15) is 23.7 Å². The van der Waals surface area contributed by atoms with Crippen LogP contribution in [0.5, 0.6) is 0 Å². The molecular formula is C43H65FN6O10. The number of nitrogens with two attached hydrogens (primary N) is 1. The van der Waals surface area contributed by atoms with Gasteiger partial charge in [-0.25, -0.2) is 14.0 Å². The van der Waals surface area contributed by atoms with Crippen LogP contribution in [0.25, 0.3) is 11.3 Å². The average molecular weight is 845 g/mol. The molecule has 2 aromatic rings. The highest BCUT2D eigenvalue weighted by molar-refractivity contribution is 6.08. The van der Waals surface area contributed by atoms with Crippen LogP contribution >= 0.6 is 0 Å². The van der Waals surface area contributed by atoms with E-state index in [9.17, 15) is 24.3 Å². The molecule has 334 valence electrons. The number of aromatic nitrogens is 3. The van der Waals surface area contributed by atoms with Crippen LogP contribution < -0.4 is 5.73 Å². The number of aliphatic hydroxyl groups is 1. The van der Waals surface area contributed by atoms with Crippen LogP contribution in [0.15, 0.2) is 30.5 Å². The summed E-state index contributed by atoms with van der Waals surface area (Å²) in [4.78, 5) is 60.1. The number of Topliss-reactive ketones (excluding diaryl/α,β-unsaturated/α-hetero) is 2. The summed E-state index contributed by atoms with van der Waals surface area (Å²) in [5.74, 6) is -5.85. The van der Waals surface area contributed by atoms with Crippen molar-refractivity contribution in [2.24, 2.45) is 17.8 Å². The highest BCUT2D eigenvalue weighted by atomic mass is 19.1. The lowest BCUT2D eigenvalue weighted by Gasteiger charge is -2.47. The second kappa shape index (κ2) is 18.5. The molecule has 13 atom stereocenters. The van der Waals surface area contributed by atoms with Gasteiger partial charge in [-0.05, 0) is 86.0 Å². The Morgan fingerprint density at radius 1 is 1.05 bits per heavy atom. The minimum absolute atomic E-state index is 0.0111. The Morgan fingerprint density at radius 2 is 1.73 bits per heavy atom. The number of fused-ring (bicyclic) bond motifs is 1. The first-order valence-corrected chi connectivity index (χ1v) is 21.0. The largest absolute Gasteiger partial charge is 0.455 e. The van der Waals surface area contributed by atoms with Gasteiger partial charge in [0, 0.05) is 55.2 Å². The Hall–Kier alpha value is -4.03. The Labute approximate surface area is 352 Å². The molecule has 3 saturated heterocycles. The summed E-state index contributed by atoms with van der Waals surface area (Å²) in [5.41, 5.74) is 1.80. The first-order valence-electron chi connectivity index (χ1n) is 21.0. The number of carbonyl (C=O) groups is 4. The molecular weight excluding hydrogens is 780 g/mol. The number of cyclic esters (lactones) is 1. The number of ketones is 2. The third kappa shape index (κ3) is 9.39. The second-order valence-corrected chi connectivity index (χ2v) is 17.8. The molecule has 16 nitrogen and oxygen atoms in total. The summed E-state index contributed by atoms with van der Waals surface area (Å²) in [6.07, 6.45) is -2.57. The van der Waals surface area contributed by atoms with E-state index in [0.717, 1.165) is 12.5 Å². The number of rotatable bonds is 11. The van der Waals surface area contributed by atoms with Crippen LogP contribution in [0, 0.1) is 17.8 Å². The summed E-state index contributed by atoms with van der Waals surface area (Å²) < 4.78 is 49.2. The maximum absolute atomic E-state index is 16.9. The van der Waals surface area contributed by atoms with Crippen molar-refractivity contribution >= 4 is 29.3 Å². The fourth-order valence-corrected chi connectivity index (χ4v) is 9.51. The number of halogens is 1. The van der Waals surface area contributed by atoms with Crippen LogP contribution in [-0.4, -0.2) is 141 Å². The molecule has 0 radical (unpaired) electrons. The van der Waals surface area contributed by atoms with Crippen LogP contribution in [0.2, 0.25) is 0 Å². The van der Waals surface area contributed by atoms with Crippen molar-refractivity contribution in [3.05, 3.63) is 30.5 Å². The van der Waals surface area contributed by atoms with Crippen molar-refractivity contribution in [2.45, 2.75) is 154 Å². The SMILES string of the molecule is CC[C@H]1OC(=O)[C@@](C)(F)C(=O)[C@H](C)[C@@H](O[C@@H]2O[C@H](C)C[C@H](N(C)C)[C@H]2O)[C@@](C)(OC)C[C@@H](C)C(=O)[C@H](C)C2N(CCCCn3cc(-c4cccc(N)c4)nn3)C(=O)O[C@@]21C. The lowest BCUT2D eigenvalue weighted by Crippen LogP contribution is -2.61. The zero-order valence-electron chi connectivity index (χ0n) is 36.9. The Morgan fingerprint density at radius 3 is 2.37 bits per heavy atom. The molecule has 60 heavy (non-hydrogen) atoms. The van der Waals surface area contributed by atoms with Crippen LogP contribution in [0.4, 0.5) is 14.9 Å². The highest BCUT2D eigenvalue weighted by Crippen LogP contribution is 2.44. The van der Waals surface area contributed by atoms with Gasteiger partial charge in [0.2, 0.25) is 0 Å². The number of carbonyl (C=O) groups excluding carboxylic acids is 4. The molecule has 1 unspecified atom stereocenters. The standard InChI is InChI=1S/C43H65FN6O10/c1-12-32-43(8)35(50(40(55)60-43)19-14-13-18-49-23-30(46-47-49)28-16-15-17-29(45)21-28)26(4)33(51)24(2)22-41(6,56-11)37(27(5)36(53)42(7,44)39(54)58-32)59-38-34(52)31(48(9)10)20-25(3)57-38/h15-17,21,23-27,31-32,34-35,37-38,52H,12-14,18-20,22,45H2,1-11H3/t24-,25-,26+,27+,31+,32-,34-,35?,37-,38+,41+,42+,43-/m1/s1. The molecule has 4 heterocycles. The number of aryl methyl sites for hydroxylation is 1. The summed E-state index contributed by atoms with van der Waals surface area (Å²) in [6, 6.07) is 6.02. The van der Waals surface area contributed by atoms with Crippen molar-refractivity contribution in [3.63, 3.8) is 0 Å². The zero-order valence-corrected chi connectivity index (χ0v) is 36.9. The van der Waals surface area contributed by atoms with Gasteiger partial charge in [-0.15, -0.1) is 5.10 Å². The molecule has 0 aliphatic carbocycles.